The van der Waals surface area contributed by atoms with E-state index >= 15 is 0 Å². The lowest BCUT2D eigenvalue weighted by molar-refractivity contribution is -0.174. The number of hydrogen-bond acceptors (Lipinski definition) is 8. The summed E-state index contributed by atoms with van der Waals surface area (Å²) in [6.07, 6.45) is 1.29. The zero-order valence-electron chi connectivity index (χ0n) is 21.2. The van der Waals surface area contributed by atoms with Gasteiger partial charge in [0, 0.05) is 31.8 Å². The molecule has 0 amide bonds. The summed E-state index contributed by atoms with van der Waals surface area (Å²) in [5, 5.41) is 2.94. The maximum Gasteiger partial charge on any atom is 0.416 e. The van der Waals surface area contributed by atoms with Gasteiger partial charge in [-0.05, 0) is 51.0 Å². The van der Waals surface area contributed by atoms with Gasteiger partial charge in [-0.1, -0.05) is 0 Å². The second-order valence-corrected chi connectivity index (χ2v) is 9.61. The van der Waals surface area contributed by atoms with Crippen LogP contribution < -0.4 is 19.9 Å². The van der Waals surface area contributed by atoms with E-state index in [9.17, 15) is 17.6 Å². The summed E-state index contributed by atoms with van der Waals surface area (Å²) in [7, 11) is 1.73. The van der Waals surface area contributed by atoms with Crippen LogP contribution in [0.2, 0.25) is 0 Å². The number of alkyl halides is 2. The zero-order chi connectivity index (χ0) is 27.0. The number of halogens is 4. The van der Waals surface area contributed by atoms with Gasteiger partial charge in [0.15, 0.2) is 17.4 Å². The van der Waals surface area contributed by atoms with Crippen molar-refractivity contribution in [3.63, 3.8) is 0 Å². The van der Waals surface area contributed by atoms with Crippen LogP contribution in [-0.2, 0) is 4.74 Å². The van der Waals surface area contributed by atoms with Gasteiger partial charge in [-0.15, -0.1) is 0 Å². The molecule has 1 aromatic carbocycles. The Morgan fingerprint density at radius 1 is 1.08 bits per heavy atom. The molecule has 1 fully saturated rings. The maximum absolute atomic E-state index is 14.9. The maximum atomic E-state index is 14.9. The first kappa shape index (κ1) is 26.0. The molecule has 0 atom stereocenters. The number of anilines is 4. The number of ether oxygens (including phenoxy) is 2. The average Bonchev–Trinajstić information content (AvgIpc) is 2.90. The Bertz CT molecular complexity index is 1300. The van der Waals surface area contributed by atoms with E-state index in [2.05, 4.69) is 29.9 Å². The fourth-order valence-corrected chi connectivity index (χ4v) is 4.70. The molecule has 0 radical (unpaired) electrons. The summed E-state index contributed by atoms with van der Waals surface area (Å²) in [5.74, 6) is -1.93. The lowest BCUT2D eigenvalue weighted by Crippen LogP contribution is -2.48. The Hall–Kier alpha value is -3.67. The Morgan fingerprint density at radius 2 is 1.84 bits per heavy atom. The number of hydrogen-bond donors (Lipinski definition) is 1. The molecule has 1 N–H and O–H groups in total. The van der Waals surface area contributed by atoms with Gasteiger partial charge in [-0.3, -0.25) is 0 Å². The summed E-state index contributed by atoms with van der Waals surface area (Å²) in [5.41, 5.74) is 0.937. The number of fused-ring (bicyclic) bond motifs is 1. The number of pyridine rings is 1. The molecular formula is C26H28F4N6O2. The number of methoxy groups -OCH3 is 1. The first-order valence-corrected chi connectivity index (χ1v) is 12.3. The standard InChI is InChI=1S/C26H28F4N6O2/c1-15(2)36-14-26(29,30)38-24-19(27)10-16(11-21(24)36)23-20(28)13-32-25(34-23)33-22-5-4-17(12-31-22)35-8-6-18(37-3)7-9-35/h4-5,10-13,15,18H,6-9,14H2,1-3H3,(H,31,32,33,34). The van der Waals surface area contributed by atoms with E-state index in [4.69, 9.17) is 4.74 Å². The van der Waals surface area contributed by atoms with Gasteiger partial charge in [-0.25, -0.2) is 23.7 Å². The van der Waals surface area contributed by atoms with Crippen molar-refractivity contribution in [1.82, 2.24) is 15.0 Å². The largest absolute Gasteiger partial charge is 0.426 e. The molecule has 2 aromatic heterocycles. The third kappa shape index (κ3) is 5.31. The van der Waals surface area contributed by atoms with E-state index in [0.717, 1.165) is 43.9 Å². The van der Waals surface area contributed by atoms with Crippen LogP contribution in [0.5, 0.6) is 5.75 Å². The van der Waals surface area contributed by atoms with Crippen LogP contribution in [-0.4, -0.2) is 60.0 Å². The first-order valence-electron chi connectivity index (χ1n) is 12.3. The fourth-order valence-electron chi connectivity index (χ4n) is 4.70. The summed E-state index contributed by atoms with van der Waals surface area (Å²) >= 11 is 0. The molecule has 2 aliphatic rings. The van der Waals surface area contributed by atoms with Gasteiger partial charge in [0.25, 0.3) is 0 Å². The number of nitrogens with one attached hydrogen (secondary N) is 1. The number of benzene rings is 1. The molecule has 2 aliphatic heterocycles. The van der Waals surface area contributed by atoms with Crippen molar-refractivity contribution in [2.24, 2.45) is 0 Å². The predicted octanol–water partition coefficient (Wildman–Crippen LogP) is 5.38. The Balaban J connectivity index is 1.38. The second-order valence-electron chi connectivity index (χ2n) is 9.61. The summed E-state index contributed by atoms with van der Waals surface area (Å²) < 4.78 is 67.8. The van der Waals surface area contributed by atoms with Crippen LogP contribution in [0.25, 0.3) is 11.3 Å². The third-order valence-electron chi connectivity index (χ3n) is 6.71. The van der Waals surface area contributed by atoms with E-state index in [1.165, 1.54) is 11.0 Å². The fraction of sp³-hybridized carbons (Fsp3) is 0.423. The highest BCUT2D eigenvalue weighted by atomic mass is 19.3. The Morgan fingerprint density at radius 3 is 2.50 bits per heavy atom. The van der Waals surface area contributed by atoms with Crippen molar-refractivity contribution in [2.45, 2.75) is 44.9 Å². The van der Waals surface area contributed by atoms with Crippen molar-refractivity contribution in [3.8, 4) is 17.0 Å². The van der Waals surface area contributed by atoms with Gasteiger partial charge >= 0.3 is 6.11 Å². The van der Waals surface area contributed by atoms with E-state index in [1.54, 1.807) is 33.2 Å². The van der Waals surface area contributed by atoms with Crippen LogP contribution in [0, 0.1) is 11.6 Å². The minimum Gasteiger partial charge on any atom is -0.426 e. The third-order valence-corrected chi connectivity index (χ3v) is 6.71. The molecule has 0 unspecified atom stereocenters. The Kier molecular flexibility index (Phi) is 6.99. The van der Waals surface area contributed by atoms with E-state index < -0.39 is 30.0 Å². The van der Waals surface area contributed by atoms with Gasteiger partial charge in [0.1, 0.15) is 18.1 Å². The van der Waals surface area contributed by atoms with Crippen molar-refractivity contribution < 1.29 is 27.0 Å². The van der Waals surface area contributed by atoms with Gasteiger partial charge in [-0.2, -0.15) is 8.78 Å². The smallest absolute Gasteiger partial charge is 0.416 e. The quantitative estimate of drug-likeness (QED) is 0.425. The Labute approximate surface area is 217 Å². The summed E-state index contributed by atoms with van der Waals surface area (Å²) in [6, 6.07) is 5.62. The van der Waals surface area contributed by atoms with Gasteiger partial charge < -0.3 is 24.6 Å². The first-order chi connectivity index (χ1) is 18.1. The molecule has 38 heavy (non-hydrogen) atoms. The van der Waals surface area contributed by atoms with Crippen LogP contribution in [0.15, 0.2) is 36.7 Å². The minimum atomic E-state index is -3.56. The number of rotatable bonds is 6. The molecule has 4 heterocycles. The number of nitrogens with zero attached hydrogens (tertiary/aromatic N) is 5. The lowest BCUT2D eigenvalue weighted by atomic mass is 10.1. The van der Waals surface area contributed by atoms with Crippen molar-refractivity contribution in [2.75, 3.05) is 41.9 Å². The molecule has 3 aromatic rings. The van der Waals surface area contributed by atoms with Gasteiger partial charge in [0.2, 0.25) is 5.95 Å². The normalized spacial score (nSPS) is 17.4. The molecular weight excluding hydrogens is 504 g/mol. The molecule has 5 rings (SSSR count). The zero-order valence-corrected chi connectivity index (χ0v) is 21.2. The van der Waals surface area contributed by atoms with Crippen LogP contribution in [0.4, 0.5) is 40.7 Å². The second kappa shape index (κ2) is 10.2. The van der Waals surface area contributed by atoms with Crippen LogP contribution >= 0.6 is 0 Å². The van der Waals surface area contributed by atoms with Crippen molar-refractivity contribution >= 4 is 23.1 Å². The highest BCUT2D eigenvalue weighted by Crippen LogP contribution is 2.43. The molecule has 12 heteroatoms. The van der Waals surface area contributed by atoms with Crippen molar-refractivity contribution in [3.05, 3.63) is 48.3 Å². The van der Waals surface area contributed by atoms with Crippen LogP contribution in [0.3, 0.4) is 0 Å². The molecule has 0 saturated carbocycles. The highest BCUT2D eigenvalue weighted by Gasteiger charge is 2.43. The molecule has 0 spiro atoms. The topological polar surface area (TPSA) is 75.6 Å². The summed E-state index contributed by atoms with van der Waals surface area (Å²) in [4.78, 5) is 16.1. The summed E-state index contributed by atoms with van der Waals surface area (Å²) in [6.45, 7) is 4.37. The van der Waals surface area contributed by atoms with Gasteiger partial charge in [0.05, 0.1) is 29.9 Å². The van der Waals surface area contributed by atoms with E-state index in [-0.39, 0.29) is 35.0 Å². The molecule has 1 saturated heterocycles. The molecule has 0 aliphatic carbocycles. The van der Waals surface area contributed by atoms with E-state index in [1.807, 2.05) is 6.07 Å². The number of aromatic nitrogens is 3. The molecule has 8 nitrogen and oxygen atoms in total. The monoisotopic (exact) mass is 532 g/mol. The van der Waals surface area contributed by atoms with Crippen molar-refractivity contribution in [1.29, 1.82) is 0 Å². The highest BCUT2D eigenvalue weighted by molar-refractivity contribution is 5.73. The number of piperidine rings is 1. The van der Waals surface area contributed by atoms with E-state index in [0.29, 0.717) is 5.82 Å². The predicted molar refractivity (Wildman–Crippen MR) is 135 cm³/mol. The molecule has 0 bridgehead atoms. The lowest BCUT2D eigenvalue weighted by Gasteiger charge is -2.38. The minimum absolute atomic E-state index is 0.0455. The molecule has 202 valence electrons. The van der Waals surface area contributed by atoms with Crippen LogP contribution in [0.1, 0.15) is 26.7 Å². The SMILES string of the molecule is COC1CCN(c2ccc(Nc3ncc(F)c(-c4cc(F)c5c(c4)N(C(C)C)CC(F)(F)O5)n3)nc2)CC1. The average molecular weight is 533 g/mol.